The largest absolute Gasteiger partial charge is 0.507 e. The molecular weight excluding hydrogens is 482 g/mol. The Morgan fingerprint density at radius 1 is 0.947 bits per heavy atom. The third kappa shape index (κ3) is 5.18. The van der Waals surface area contributed by atoms with E-state index in [1.807, 2.05) is 45.0 Å². The summed E-state index contributed by atoms with van der Waals surface area (Å²) in [4.78, 5) is 40.6. The highest BCUT2D eigenvalue weighted by Gasteiger charge is 2.47. The number of hydrogen-bond acceptors (Lipinski definition) is 6. The summed E-state index contributed by atoms with van der Waals surface area (Å²) in [6.07, 6.45) is 0.860. The molecule has 1 fully saturated rings. The highest BCUT2D eigenvalue weighted by molar-refractivity contribution is 6.51. The molecule has 0 spiro atoms. The Balaban J connectivity index is 1.87. The zero-order chi connectivity index (χ0) is 27.4. The van der Waals surface area contributed by atoms with Crippen LogP contribution < -0.4 is 9.64 Å². The van der Waals surface area contributed by atoms with Crippen molar-refractivity contribution in [1.29, 1.82) is 0 Å². The van der Waals surface area contributed by atoms with E-state index >= 15 is 0 Å². The monoisotopic (exact) mass is 513 g/mol. The Labute approximate surface area is 222 Å². The molecule has 7 nitrogen and oxygen atoms in total. The molecule has 1 aliphatic heterocycles. The van der Waals surface area contributed by atoms with Crippen LogP contribution in [0.3, 0.4) is 0 Å². The summed E-state index contributed by atoms with van der Waals surface area (Å²) in [5, 5.41) is 11.4. The number of ketones is 1. The minimum absolute atomic E-state index is 0.0243. The standard InChI is InChI=1S/C31H31NO6/c1-5-15-38-25-14-13-22(17-20(25)4)28(33)26-27(21-10-7-9-19(3)16-21)32(30(35)29(26)34)24-12-8-11-23(18-24)31(36)37-6-2/h7-14,16-18,27,33H,5-6,15H2,1-4H3/b28-26+. The smallest absolute Gasteiger partial charge is 0.338 e. The SMILES string of the molecule is CCCOc1ccc(/C(O)=C2\C(=O)C(=O)N(c3cccc(C(=O)OCC)c3)C2c2cccc(C)c2)cc1C. The molecule has 4 rings (SSSR count). The predicted octanol–water partition coefficient (Wildman–Crippen LogP) is 5.90. The normalized spacial score (nSPS) is 16.5. The van der Waals surface area contributed by atoms with Gasteiger partial charge in [-0.25, -0.2) is 4.79 Å². The predicted molar refractivity (Wildman–Crippen MR) is 145 cm³/mol. The number of carbonyl (C=O) groups is 3. The van der Waals surface area contributed by atoms with Crippen LogP contribution in [0.25, 0.3) is 5.76 Å². The fraction of sp³-hybridized carbons (Fsp3) is 0.258. The van der Waals surface area contributed by atoms with Crippen LogP contribution >= 0.6 is 0 Å². The zero-order valence-corrected chi connectivity index (χ0v) is 22.0. The number of anilines is 1. The Hall–Kier alpha value is -4.39. The van der Waals surface area contributed by atoms with Crippen LogP contribution in [-0.2, 0) is 14.3 Å². The fourth-order valence-corrected chi connectivity index (χ4v) is 4.58. The molecule has 1 heterocycles. The molecule has 0 radical (unpaired) electrons. The number of amides is 1. The molecule has 7 heteroatoms. The van der Waals surface area contributed by atoms with Crippen molar-refractivity contribution in [3.8, 4) is 5.75 Å². The number of aliphatic hydroxyl groups is 1. The number of carbonyl (C=O) groups excluding carboxylic acids is 3. The number of nitrogens with zero attached hydrogens (tertiary/aromatic N) is 1. The molecule has 1 saturated heterocycles. The summed E-state index contributed by atoms with van der Waals surface area (Å²) < 4.78 is 10.9. The van der Waals surface area contributed by atoms with Crippen LogP contribution in [-0.4, -0.2) is 36.0 Å². The molecule has 38 heavy (non-hydrogen) atoms. The van der Waals surface area contributed by atoms with Gasteiger partial charge in [-0.05, 0) is 74.7 Å². The molecule has 196 valence electrons. The Morgan fingerprint density at radius 2 is 1.71 bits per heavy atom. The van der Waals surface area contributed by atoms with Crippen molar-refractivity contribution in [2.24, 2.45) is 0 Å². The zero-order valence-electron chi connectivity index (χ0n) is 22.0. The van der Waals surface area contributed by atoms with Gasteiger partial charge in [-0.15, -0.1) is 0 Å². The maximum atomic E-state index is 13.5. The first-order chi connectivity index (χ1) is 18.3. The second kappa shape index (κ2) is 11.3. The van der Waals surface area contributed by atoms with Gasteiger partial charge in [0, 0.05) is 11.3 Å². The number of hydrogen-bond donors (Lipinski definition) is 1. The summed E-state index contributed by atoms with van der Waals surface area (Å²) in [7, 11) is 0. The van der Waals surface area contributed by atoms with Crippen LogP contribution in [0.2, 0.25) is 0 Å². The average Bonchev–Trinajstić information content (AvgIpc) is 3.18. The maximum Gasteiger partial charge on any atom is 0.338 e. The van der Waals surface area contributed by atoms with Crippen molar-refractivity contribution in [3.63, 3.8) is 0 Å². The molecule has 0 aliphatic carbocycles. The third-order valence-electron chi connectivity index (χ3n) is 6.35. The van der Waals surface area contributed by atoms with Gasteiger partial charge < -0.3 is 14.6 Å². The van der Waals surface area contributed by atoms with Crippen LogP contribution in [0.1, 0.15) is 58.9 Å². The van der Waals surface area contributed by atoms with E-state index in [1.54, 1.807) is 43.3 Å². The second-order valence-corrected chi connectivity index (χ2v) is 9.18. The van der Waals surface area contributed by atoms with Gasteiger partial charge in [0.2, 0.25) is 0 Å². The number of benzene rings is 3. The molecule has 1 atom stereocenters. The number of rotatable bonds is 8. The lowest BCUT2D eigenvalue weighted by Crippen LogP contribution is -2.29. The lowest BCUT2D eigenvalue weighted by Gasteiger charge is -2.26. The molecule has 3 aromatic carbocycles. The quantitative estimate of drug-likeness (QED) is 0.175. The van der Waals surface area contributed by atoms with Crippen molar-refractivity contribution in [2.75, 3.05) is 18.1 Å². The Kier molecular flexibility index (Phi) is 7.96. The van der Waals surface area contributed by atoms with Crippen LogP contribution in [0.15, 0.2) is 72.3 Å². The second-order valence-electron chi connectivity index (χ2n) is 9.18. The minimum atomic E-state index is -0.899. The van der Waals surface area contributed by atoms with Gasteiger partial charge >= 0.3 is 5.97 Å². The first-order valence-electron chi connectivity index (χ1n) is 12.6. The van der Waals surface area contributed by atoms with E-state index in [2.05, 4.69) is 0 Å². The van der Waals surface area contributed by atoms with Crippen LogP contribution in [0.5, 0.6) is 5.75 Å². The highest BCUT2D eigenvalue weighted by Crippen LogP contribution is 2.42. The molecule has 0 aromatic heterocycles. The first-order valence-corrected chi connectivity index (χ1v) is 12.6. The van der Waals surface area contributed by atoms with E-state index in [0.29, 0.717) is 29.2 Å². The maximum absolute atomic E-state index is 13.5. The molecule has 1 amide bonds. The van der Waals surface area contributed by atoms with E-state index in [0.717, 1.165) is 17.5 Å². The van der Waals surface area contributed by atoms with Gasteiger partial charge in [0.05, 0.1) is 30.4 Å². The molecule has 1 unspecified atom stereocenters. The Morgan fingerprint density at radius 3 is 2.39 bits per heavy atom. The summed E-state index contributed by atoms with van der Waals surface area (Å²) in [6, 6.07) is 18.1. The van der Waals surface area contributed by atoms with Crippen molar-refractivity contribution < 1.29 is 29.0 Å². The van der Waals surface area contributed by atoms with E-state index in [-0.39, 0.29) is 23.5 Å². The van der Waals surface area contributed by atoms with Crippen molar-refractivity contribution >= 4 is 29.1 Å². The van der Waals surface area contributed by atoms with E-state index < -0.39 is 23.7 Å². The van der Waals surface area contributed by atoms with Gasteiger partial charge in [0.1, 0.15) is 11.5 Å². The molecule has 1 aliphatic rings. The molecule has 1 N–H and O–H groups in total. The van der Waals surface area contributed by atoms with Gasteiger partial charge in [-0.3, -0.25) is 14.5 Å². The van der Waals surface area contributed by atoms with E-state index in [4.69, 9.17) is 9.47 Å². The number of esters is 1. The van der Waals surface area contributed by atoms with E-state index in [9.17, 15) is 19.5 Å². The molecule has 0 saturated carbocycles. The molecule has 3 aromatic rings. The third-order valence-corrected chi connectivity index (χ3v) is 6.35. The fourth-order valence-electron chi connectivity index (χ4n) is 4.58. The van der Waals surface area contributed by atoms with Crippen molar-refractivity contribution in [1.82, 2.24) is 0 Å². The first kappa shape index (κ1) is 26.7. The van der Waals surface area contributed by atoms with Crippen LogP contribution in [0.4, 0.5) is 5.69 Å². The van der Waals surface area contributed by atoms with Crippen molar-refractivity contribution in [3.05, 3.63) is 100 Å². The van der Waals surface area contributed by atoms with Gasteiger partial charge in [-0.2, -0.15) is 0 Å². The number of aryl methyl sites for hydroxylation is 2. The highest BCUT2D eigenvalue weighted by atomic mass is 16.5. The van der Waals surface area contributed by atoms with Gasteiger partial charge in [0.15, 0.2) is 0 Å². The average molecular weight is 514 g/mol. The van der Waals surface area contributed by atoms with Gasteiger partial charge in [0.25, 0.3) is 11.7 Å². The number of Topliss-reactive ketones (excluding diaryl/α,β-unsaturated/α-hetero) is 1. The minimum Gasteiger partial charge on any atom is -0.507 e. The lowest BCUT2D eigenvalue weighted by molar-refractivity contribution is -0.132. The molecule has 0 bridgehead atoms. The van der Waals surface area contributed by atoms with Gasteiger partial charge in [-0.1, -0.05) is 42.8 Å². The summed E-state index contributed by atoms with van der Waals surface area (Å²) in [6.45, 7) is 8.27. The van der Waals surface area contributed by atoms with Crippen molar-refractivity contribution in [2.45, 2.75) is 40.2 Å². The Bertz CT molecular complexity index is 1420. The number of aliphatic hydroxyl groups excluding tert-OH is 1. The lowest BCUT2D eigenvalue weighted by atomic mass is 9.93. The summed E-state index contributed by atoms with van der Waals surface area (Å²) in [5.74, 6) is -1.71. The van der Waals surface area contributed by atoms with E-state index in [1.165, 1.54) is 11.0 Å². The molecular formula is C31H31NO6. The topological polar surface area (TPSA) is 93.1 Å². The summed E-state index contributed by atoms with van der Waals surface area (Å²) in [5.41, 5.74) is 3.38. The van der Waals surface area contributed by atoms with Crippen LogP contribution in [0, 0.1) is 13.8 Å². The summed E-state index contributed by atoms with van der Waals surface area (Å²) >= 11 is 0. The number of ether oxygens (including phenoxy) is 2.